The molecule has 0 bridgehead atoms. The van der Waals surface area contributed by atoms with Crippen LogP contribution in [0.15, 0.2) is 40.2 Å². The Hall–Kier alpha value is -2.72. The van der Waals surface area contributed by atoms with Gasteiger partial charge in [0.25, 0.3) is 11.8 Å². The Morgan fingerprint density at radius 1 is 1.17 bits per heavy atom. The molecule has 0 radical (unpaired) electrons. The number of amides is 4. The quantitative estimate of drug-likeness (QED) is 0.643. The Balaban J connectivity index is 1.44. The number of para-hydroxylation sites is 1. The van der Waals surface area contributed by atoms with Crippen LogP contribution in [0.5, 0.6) is 0 Å². The lowest BCUT2D eigenvalue weighted by Crippen LogP contribution is -2.62. The van der Waals surface area contributed by atoms with Gasteiger partial charge in [-0.2, -0.15) is 0 Å². The van der Waals surface area contributed by atoms with E-state index in [1.54, 1.807) is 46.2 Å². The van der Waals surface area contributed by atoms with Gasteiger partial charge in [0.2, 0.25) is 11.8 Å². The Kier molecular flexibility index (Phi) is 5.37. The van der Waals surface area contributed by atoms with E-state index in [4.69, 9.17) is 0 Å². The van der Waals surface area contributed by atoms with E-state index in [0.29, 0.717) is 29.0 Å². The number of fused-ring (bicyclic) bond motifs is 3. The molecule has 4 rings (SSSR count). The van der Waals surface area contributed by atoms with Crippen molar-refractivity contribution in [3.63, 3.8) is 0 Å². The molecule has 2 aromatic rings. The van der Waals surface area contributed by atoms with Crippen LogP contribution in [0.4, 0.5) is 5.69 Å². The molecule has 2 N–H and O–H groups in total. The summed E-state index contributed by atoms with van der Waals surface area (Å²) in [6.07, 6.45) is 0.824. The van der Waals surface area contributed by atoms with Crippen molar-refractivity contribution in [2.75, 3.05) is 11.4 Å². The van der Waals surface area contributed by atoms with Crippen molar-refractivity contribution in [3.8, 4) is 0 Å². The van der Waals surface area contributed by atoms with Crippen molar-refractivity contribution in [1.82, 2.24) is 15.8 Å². The van der Waals surface area contributed by atoms with Crippen molar-refractivity contribution in [2.45, 2.75) is 31.8 Å². The lowest BCUT2D eigenvalue weighted by Gasteiger charge is -2.48. The van der Waals surface area contributed by atoms with Gasteiger partial charge in [-0.15, -0.1) is 11.3 Å². The monoisotopic (exact) mass is 490 g/mol. The van der Waals surface area contributed by atoms with Gasteiger partial charge in [-0.1, -0.05) is 12.1 Å². The highest BCUT2D eigenvalue weighted by Gasteiger charge is 2.52. The number of halogens is 1. The lowest BCUT2D eigenvalue weighted by atomic mass is 9.98. The summed E-state index contributed by atoms with van der Waals surface area (Å²) in [6, 6.07) is 10.4. The third kappa shape index (κ3) is 3.50. The van der Waals surface area contributed by atoms with Gasteiger partial charge in [-0.3, -0.25) is 34.9 Å². The fourth-order valence-electron chi connectivity index (χ4n) is 3.94. The normalized spacial score (nSPS) is 20.1. The maximum atomic E-state index is 13.1. The van der Waals surface area contributed by atoms with Crippen LogP contribution in [0.25, 0.3) is 0 Å². The van der Waals surface area contributed by atoms with Gasteiger partial charge in [-0.25, -0.2) is 0 Å². The summed E-state index contributed by atoms with van der Waals surface area (Å²) in [5.41, 5.74) is 5.00. The number of rotatable bonds is 4. The van der Waals surface area contributed by atoms with Crippen LogP contribution in [0, 0.1) is 0 Å². The third-order valence-electron chi connectivity index (χ3n) is 5.42. The molecule has 4 amide bonds. The third-order valence-corrected chi connectivity index (χ3v) is 7.04. The van der Waals surface area contributed by atoms with Gasteiger partial charge >= 0.3 is 0 Å². The van der Waals surface area contributed by atoms with Crippen molar-refractivity contribution in [1.29, 1.82) is 0 Å². The Morgan fingerprint density at radius 2 is 1.93 bits per heavy atom. The molecule has 0 aliphatic carbocycles. The van der Waals surface area contributed by atoms with Gasteiger partial charge in [0.1, 0.15) is 5.66 Å². The van der Waals surface area contributed by atoms with E-state index in [1.165, 1.54) is 11.3 Å². The number of hydrogen-bond donors (Lipinski definition) is 2. The fourth-order valence-corrected chi connectivity index (χ4v) is 5.22. The van der Waals surface area contributed by atoms with Gasteiger partial charge in [-0.05, 0) is 53.5 Å². The minimum atomic E-state index is -0.810. The summed E-state index contributed by atoms with van der Waals surface area (Å²) in [5, 5.41) is 0. The first kappa shape index (κ1) is 20.5. The van der Waals surface area contributed by atoms with Gasteiger partial charge < -0.3 is 4.90 Å². The zero-order valence-corrected chi connectivity index (χ0v) is 18.5. The van der Waals surface area contributed by atoms with Crippen molar-refractivity contribution in [3.05, 3.63) is 50.6 Å². The first-order chi connectivity index (χ1) is 14.3. The maximum Gasteiger partial charge on any atom is 0.279 e. The topological polar surface area (TPSA) is 98.8 Å². The molecule has 30 heavy (non-hydrogen) atoms. The Labute approximate surface area is 185 Å². The Bertz CT molecular complexity index is 1050. The van der Waals surface area contributed by atoms with E-state index in [9.17, 15) is 19.2 Å². The van der Waals surface area contributed by atoms with Crippen LogP contribution in [0.3, 0.4) is 0 Å². The number of carbonyl (C=O) groups is 4. The van der Waals surface area contributed by atoms with Gasteiger partial charge in [0.05, 0.1) is 19.9 Å². The van der Waals surface area contributed by atoms with Crippen molar-refractivity contribution in [2.24, 2.45) is 0 Å². The summed E-state index contributed by atoms with van der Waals surface area (Å²) >= 11 is 4.53. The zero-order chi connectivity index (χ0) is 21.5. The van der Waals surface area contributed by atoms with Gasteiger partial charge in [0, 0.05) is 19.4 Å². The minimum absolute atomic E-state index is 0.0139. The van der Waals surface area contributed by atoms with Crippen LogP contribution in [-0.4, -0.2) is 40.7 Å². The number of hydrogen-bond acceptors (Lipinski definition) is 5. The molecule has 156 valence electrons. The van der Waals surface area contributed by atoms with Crippen LogP contribution in [0.2, 0.25) is 0 Å². The minimum Gasteiger partial charge on any atom is -0.315 e. The van der Waals surface area contributed by atoms with Crippen LogP contribution in [0.1, 0.15) is 46.2 Å². The first-order valence-corrected chi connectivity index (χ1v) is 11.0. The van der Waals surface area contributed by atoms with E-state index in [0.717, 1.165) is 3.79 Å². The van der Waals surface area contributed by atoms with E-state index < -0.39 is 17.5 Å². The first-order valence-electron chi connectivity index (χ1n) is 9.40. The number of carbonyl (C=O) groups excluding carboxylic acids is 4. The fraction of sp³-hybridized carbons (Fsp3) is 0.300. The average molecular weight is 491 g/mol. The number of nitrogens with zero attached hydrogens (tertiary/aromatic N) is 2. The summed E-state index contributed by atoms with van der Waals surface area (Å²) < 4.78 is 0.812. The summed E-state index contributed by atoms with van der Waals surface area (Å²) in [5.74, 6) is -1.09. The molecule has 1 atom stereocenters. The molecule has 1 aromatic heterocycles. The molecule has 1 fully saturated rings. The molecule has 2 aliphatic rings. The molecular weight excluding hydrogens is 472 g/mol. The van der Waals surface area contributed by atoms with Crippen LogP contribution in [-0.2, 0) is 9.59 Å². The number of benzene rings is 1. The van der Waals surface area contributed by atoms with Gasteiger partial charge in [0.15, 0.2) is 0 Å². The molecular formula is C20H19BrN4O4S. The van der Waals surface area contributed by atoms with Crippen LogP contribution >= 0.6 is 27.3 Å². The molecule has 3 heterocycles. The smallest absolute Gasteiger partial charge is 0.279 e. The molecule has 10 heteroatoms. The highest BCUT2D eigenvalue weighted by atomic mass is 79.9. The molecule has 0 saturated carbocycles. The number of hydrazine groups is 1. The zero-order valence-electron chi connectivity index (χ0n) is 16.1. The van der Waals surface area contributed by atoms with Crippen molar-refractivity contribution >= 4 is 56.6 Å². The second kappa shape index (κ2) is 7.84. The number of nitrogens with one attached hydrogen (secondary N) is 2. The SMILES string of the molecule is CC12CCC(=O)N1c1ccccc1C(=O)N2CCC(=O)NNC(=O)c1ccc(Br)s1. The Morgan fingerprint density at radius 3 is 2.67 bits per heavy atom. The molecule has 0 spiro atoms. The molecule has 1 unspecified atom stereocenters. The summed E-state index contributed by atoms with van der Waals surface area (Å²) in [7, 11) is 0. The number of thiophene rings is 1. The summed E-state index contributed by atoms with van der Waals surface area (Å²) in [6.45, 7) is 1.97. The van der Waals surface area contributed by atoms with E-state index in [2.05, 4.69) is 26.8 Å². The molecule has 1 aromatic carbocycles. The second-order valence-electron chi connectivity index (χ2n) is 7.28. The van der Waals surface area contributed by atoms with E-state index in [-0.39, 0.29) is 24.8 Å². The molecule has 2 aliphatic heterocycles. The lowest BCUT2D eigenvalue weighted by molar-refractivity contribution is -0.122. The second-order valence-corrected chi connectivity index (χ2v) is 9.74. The average Bonchev–Trinajstić information content (AvgIpc) is 3.29. The molecule has 1 saturated heterocycles. The number of anilines is 1. The highest BCUT2D eigenvalue weighted by molar-refractivity contribution is 9.11. The predicted molar refractivity (Wildman–Crippen MR) is 115 cm³/mol. The summed E-state index contributed by atoms with van der Waals surface area (Å²) in [4.78, 5) is 53.7. The van der Waals surface area contributed by atoms with Crippen LogP contribution < -0.4 is 15.8 Å². The maximum absolute atomic E-state index is 13.1. The largest absolute Gasteiger partial charge is 0.315 e. The van der Waals surface area contributed by atoms with Crippen molar-refractivity contribution < 1.29 is 19.2 Å². The molecule has 8 nitrogen and oxygen atoms in total. The predicted octanol–water partition coefficient (Wildman–Crippen LogP) is 2.66. The van der Waals surface area contributed by atoms with E-state index in [1.807, 2.05) is 6.92 Å². The van der Waals surface area contributed by atoms with E-state index >= 15 is 0 Å². The highest BCUT2D eigenvalue weighted by Crippen LogP contribution is 2.43. The standard InChI is InChI=1S/C20H19BrN4O4S/c1-20-10-8-17(27)25(20)13-5-3-2-4-12(13)19(29)24(20)11-9-16(26)22-23-18(28)14-6-7-15(21)30-14/h2-7H,8-11H2,1H3,(H,22,26)(H,23,28).